The van der Waals surface area contributed by atoms with Crippen LogP contribution in [0.2, 0.25) is 0 Å². The largest absolute Gasteiger partial charge is 0.309 e. The summed E-state index contributed by atoms with van der Waals surface area (Å²) in [6.07, 6.45) is 10.3. The summed E-state index contributed by atoms with van der Waals surface area (Å²) in [4.78, 5) is 0. The van der Waals surface area contributed by atoms with E-state index in [0.29, 0.717) is 16.7 Å². The summed E-state index contributed by atoms with van der Waals surface area (Å²) in [6.45, 7) is 6.13. The van der Waals surface area contributed by atoms with Gasteiger partial charge >= 0.3 is 0 Å². The maximum atomic E-state index is 10.4. The van der Waals surface area contributed by atoms with Crippen molar-refractivity contribution in [2.45, 2.75) is 19.8 Å². The Balaban J connectivity index is 1.24. The smallest absolute Gasteiger partial charge is 0.0998 e. The second kappa shape index (κ2) is 12.7. The summed E-state index contributed by atoms with van der Waals surface area (Å²) in [5, 5.41) is 33.3. The predicted molar refractivity (Wildman–Crippen MR) is 207 cm³/mol. The van der Waals surface area contributed by atoms with Crippen LogP contribution in [0.3, 0.4) is 0 Å². The van der Waals surface area contributed by atoms with Crippen LogP contribution in [-0.4, -0.2) is 9.13 Å². The highest BCUT2D eigenvalue weighted by Gasteiger charge is 2.21. The zero-order chi connectivity index (χ0) is 35.1. The van der Waals surface area contributed by atoms with E-state index in [1.165, 1.54) is 10.9 Å². The highest BCUT2D eigenvalue weighted by molar-refractivity contribution is 6.09. The van der Waals surface area contributed by atoms with Crippen LogP contribution in [-0.2, 0) is 6.42 Å². The number of aryl methyl sites for hydroxylation is 1. The minimum atomic E-state index is 0.356. The first-order valence-corrected chi connectivity index (χ1v) is 16.9. The number of fused-ring (bicyclic) bond motifs is 6. The lowest BCUT2D eigenvalue weighted by molar-refractivity contribution is 0.966. The third-order valence-corrected chi connectivity index (χ3v) is 9.86. The maximum absolute atomic E-state index is 10.4. The van der Waals surface area contributed by atoms with Gasteiger partial charge in [-0.2, -0.15) is 15.8 Å². The van der Waals surface area contributed by atoms with E-state index in [2.05, 4.69) is 88.5 Å². The summed E-state index contributed by atoms with van der Waals surface area (Å²) in [5.41, 5.74) is 12.2. The Hall–Kier alpha value is -7.13. The van der Waals surface area contributed by atoms with Gasteiger partial charge in [0.05, 0.1) is 57.1 Å². The number of rotatable bonds is 6. The van der Waals surface area contributed by atoms with Crippen molar-refractivity contribution in [3.05, 3.63) is 173 Å². The molecule has 5 nitrogen and oxygen atoms in total. The molecule has 0 atom stereocenters. The van der Waals surface area contributed by atoms with Crippen molar-refractivity contribution in [2.24, 2.45) is 0 Å². The molecule has 0 aliphatic heterocycles. The van der Waals surface area contributed by atoms with Crippen LogP contribution < -0.4 is 0 Å². The number of nitrogens with zero attached hydrogens (tertiary/aromatic N) is 5. The highest BCUT2D eigenvalue weighted by Crippen LogP contribution is 2.38. The monoisotopic (exact) mass is 653 g/mol. The van der Waals surface area contributed by atoms with E-state index in [4.69, 9.17) is 0 Å². The topological polar surface area (TPSA) is 81.2 Å². The number of para-hydroxylation sites is 3. The zero-order valence-corrected chi connectivity index (χ0v) is 28.1. The number of hydrogen-bond donors (Lipinski definition) is 0. The minimum absolute atomic E-state index is 0.356. The third kappa shape index (κ3) is 5.15. The molecule has 51 heavy (non-hydrogen) atoms. The van der Waals surface area contributed by atoms with Crippen molar-refractivity contribution in [1.29, 1.82) is 15.8 Å². The van der Waals surface area contributed by atoms with Crippen molar-refractivity contribution in [3.8, 4) is 29.6 Å². The van der Waals surface area contributed by atoms with Gasteiger partial charge in [-0.15, -0.1) is 0 Å². The summed E-state index contributed by atoms with van der Waals surface area (Å²) < 4.78 is 4.44. The molecule has 0 saturated carbocycles. The Labute approximate surface area is 296 Å². The van der Waals surface area contributed by atoms with E-state index in [1.54, 1.807) is 0 Å². The minimum Gasteiger partial charge on any atom is -0.309 e. The molecule has 0 N–H and O–H groups in total. The molecule has 0 saturated heterocycles. The molecule has 0 spiro atoms. The summed E-state index contributed by atoms with van der Waals surface area (Å²) >= 11 is 0. The maximum Gasteiger partial charge on any atom is 0.0998 e. The molecule has 5 aromatic carbocycles. The molecule has 7 aromatic rings. The van der Waals surface area contributed by atoms with Crippen molar-refractivity contribution < 1.29 is 0 Å². The molecule has 0 bridgehead atoms. The number of benzene rings is 5. The third-order valence-electron chi connectivity index (χ3n) is 9.86. The van der Waals surface area contributed by atoms with E-state index < -0.39 is 0 Å². The molecule has 240 valence electrons. The van der Waals surface area contributed by atoms with Crippen LogP contribution in [0.4, 0.5) is 0 Å². The fraction of sp³-hybridized carbons (Fsp3) is 0.0652. The fourth-order valence-corrected chi connectivity index (χ4v) is 7.48. The van der Waals surface area contributed by atoms with Crippen molar-refractivity contribution >= 4 is 49.9 Å². The Morgan fingerprint density at radius 2 is 1.43 bits per heavy atom. The lowest BCUT2D eigenvalue weighted by atomic mass is 9.95. The Bertz CT molecular complexity index is 2810. The van der Waals surface area contributed by atoms with Gasteiger partial charge < -0.3 is 9.13 Å². The van der Waals surface area contributed by atoms with Crippen LogP contribution in [0.5, 0.6) is 0 Å². The first kappa shape index (κ1) is 31.2. The molecule has 1 aliphatic rings. The first-order chi connectivity index (χ1) is 25.0. The number of aromatic nitrogens is 2. The molecule has 5 heteroatoms. The van der Waals surface area contributed by atoms with Crippen LogP contribution in [0, 0.1) is 34.0 Å². The average molecular weight is 654 g/mol. The van der Waals surface area contributed by atoms with Crippen molar-refractivity contribution in [3.63, 3.8) is 0 Å². The fourth-order valence-electron chi connectivity index (χ4n) is 7.48. The Morgan fingerprint density at radius 3 is 2.22 bits per heavy atom. The predicted octanol–water partition coefficient (Wildman–Crippen LogP) is 11.0. The summed E-state index contributed by atoms with van der Waals surface area (Å²) in [5.74, 6) is 0. The lowest BCUT2D eigenvalue weighted by Gasteiger charge is -2.17. The molecule has 2 aromatic heterocycles. The molecule has 0 unspecified atom stereocenters. The molecule has 8 rings (SSSR count). The van der Waals surface area contributed by atoms with E-state index >= 15 is 0 Å². The van der Waals surface area contributed by atoms with Crippen LogP contribution in [0.25, 0.3) is 61.3 Å². The van der Waals surface area contributed by atoms with Crippen LogP contribution in [0.15, 0.2) is 140 Å². The van der Waals surface area contributed by atoms with Gasteiger partial charge in [-0.1, -0.05) is 85.5 Å². The first-order valence-electron chi connectivity index (χ1n) is 16.9. The SMILES string of the molecule is C=C(C#N)/C(=C\C=C(/C)c1ccc(-n2c3ccccc3c3cc(C#N)ccc32)cc1C#N)c1ccccc1-n1c2c(c3ccccc31)CCC=C2. The normalized spacial score (nSPS) is 12.8. The van der Waals surface area contributed by atoms with Gasteiger partial charge in [0.2, 0.25) is 0 Å². The Kier molecular flexibility index (Phi) is 7.77. The van der Waals surface area contributed by atoms with Gasteiger partial charge in [-0.05, 0) is 91.1 Å². The number of allylic oxidation sites excluding steroid dienone is 6. The molecule has 0 radical (unpaired) electrons. The van der Waals surface area contributed by atoms with Gasteiger partial charge in [-0.3, -0.25) is 0 Å². The van der Waals surface area contributed by atoms with Crippen molar-refractivity contribution in [1.82, 2.24) is 9.13 Å². The lowest BCUT2D eigenvalue weighted by Crippen LogP contribution is -2.04. The standard InChI is InChI=1S/C46H31N5/c1-30(35-23-21-34(26-33(35)29-49)50-42-15-7-6-14-40(42)41-25-32(28-48)20-24-46(41)50)19-22-36(31(2)27-47)37-11-3-8-16-43(37)51-44-17-9-4-12-38(44)39-13-5-10-18-45(39)51/h3-4,6-12,14-26H,2,5,13H2,1H3/b30-19+,36-22+. The van der Waals surface area contributed by atoms with E-state index in [1.807, 2.05) is 85.8 Å². The highest BCUT2D eigenvalue weighted by atomic mass is 15.0. The molecule has 2 heterocycles. The molecule has 1 aliphatic carbocycles. The van der Waals surface area contributed by atoms with Crippen LogP contribution in [0.1, 0.15) is 46.9 Å². The Morgan fingerprint density at radius 1 is 0.706 bits per heavy atom. The van der Waals surface area contributed by atoms with Crippen LogP contribution >= 0.6 is 0 Å². The van der Waals surface area contributed by atoms with Gasteiger partial charge in [-0.25, -0.2) is 0 Å². The van der Waals surface area contributed by atoms with E-state index in [0.717, 1.165) is 79.5 Å². The van der Waals surface area contributed by atoms with Crippen molar-refractivity contribution in [2.75, 3.05) is 0 Å². The molecular weight excluding hydrogens is 623 g/mol. The van der Waals surface area contributed by atoms with E-state index in [9.17, 15) is 15.8 Å². The summed E-state index contributed by atoms with van der Waals surface area (Å²) in [7, 11) is 0. The van der Waals surface area contributed by atoms with Gasteiger partial charge in [0.25, 0.3) is 0 Å². The second-order valence-corrected chi connectivity index (χ2v) is 12.7. The number of hydrogen-bond acceptors (Lipinski definition) is 3. The quantitative estimate of drug-likeness (QED) is 0.132. The number of nitriles is 3. The van der Waals surface area contributed by atoms with E-state index in [-0.39, 0.29) is 0 Å². The van der Waals surface area contributed by atoms with Gasteiger partial charge in [0, 0.05) is 38.7 Å². The van der Waals surface area contributed by atoms with Gasteiger partial charge in [0.1, 0.15) is 0 Å². The molecular formula is C46H31N5. The average Bonchev–Trinajstić information content (AvgIpc) is 3.70. The second-order valence-electron chi connectivity index (χ2n) is 12.7. The summed E-state index contributed by atoms with van der Waals surface area (Å²) in [6, 6.07) is 43.4. The van der Waals surface area contributed by atoms with Gasteiger partial charge in [0.15, 0.2) is 0 Å². The molecule has 0 amide bonds. The zero-order valence-electron chi connectivity index (χ0n) is 28.1. The molecule has 0 fully saturated rings.